The van der Waals surface area contributed by atoms with Crippen molar-refractivity contribution >= 4 is 66.4 Å². The minimum absolute atomic E-state index is 0.786. The standard InChI is InChI=1S/C38H25N2OP/c41-42(29-13-3-1-4-14-29,30-15-5-2-6-16-30)31-17-9-11-28(25-31)37-33-23-22-26-20-21-27-12-10-24-39-38(27)35(26)36(33)32-18-7-8-19-34(32)40-37/h1-25H. The molecule has 0 aliphatic rings. The van der Waals surface area contributed by atoms with Crippen molar-refractivity contribution in [1.82, 2.24) is 9.97 Å². The van der Waals surface area contributed by atoms with Crippen molar-refractivity contribution in [3.63, 3.8) is 0 Å². The van der Waals surface area contributed by atoms with E-state index in [1.807, 2.05) is 91.1 Å². The second-order valence-corrected chi connectivity index (χ2v) is 13.3. The molecular weight excluding hydrogens is 531 g/mol. The summed E-state index contributed by atoms with van der Waals surface area (Å²) in [4.78, 5) is 10.0. The van der Waals surface area contributed by atoms with Gasteiger partial charge in [0.05, 0.1) is 16.7 Å². The van der Waals surface area contributed by atoms with Crippen LogP contribution in [0.3, 0.4) is 0 Å². The lowest BCUT2D eigenvalue weighted by atomic mass is 9.94. The van der Waals surface area contributed by atoms with E-state index in [0.717, 1.165) is 70.5 Å². The van der Waals surface area contributed by atoms with Crippen molar-refractivity contribution < 1.29 is 4.57 Å². The van der Waals surface area contributed by atoms with Gasteiger partial charge in [-0.05, 0) is 23.6 Å². The highest BCUT2D eigenvalue weighted by atomic mass is 31.2. The number of para-hydroxylation sites is 1. The van der Waals surface area contributed by atoms with Gasteiger partial charge in [-0.25, -0.2) is 4.98 Å². The van der Waals surface area contributed by atoms with Crippen LogP contribution in [-0.4, -0.2) is 9.97 Å². The van der Waals surface area contributed by atoms with Gasteiger partial charge in [0.15, 0.2) is 7.14 Å². The average Bonchev–Trinajstić information content (AvgIpc) is 3.08. The van der Waals surface area contributed by atoms with Gasteiger partial charge >= 0.3 is 0 Å². The molecule has 198 valence electrons. The third-order valence-electron chi connectivity index (χ3n) is 8.14. The number of aromatic nitrogens is 2. The first-order valence-electron chi connectivity index (χ1n) is 14.0. The van der Waals surface area contributed by atoms with E-state index >= 15 is 4.57 Å². The number of hydrogen-bond acceptors (Lipinski definition) is 3. The molecule has 6 aromatic carbocycles. The monoisotopic (exact) mass is 556 g/mol. The van der Waals surface area contributed by atoms with Gasteiger partial charge in [-0.2, -0.15) is 0 Å². The first-order valence-corrected chi connectivity index (χ1v) is 15.7. The fourth-order valence-corrected chi connectivity index (χ4v) is 8.88. The summed E-state index contributed by atoms with van der Waals surface area (Å²) in [5.41, 5.74) is 3.70. The van der Waals surface area contributed by atoms with Crippen LogP contribution in [-0.2, 0) is 4.57 Å². The molecule has 2 aromatic heterocycles. The zero-order valence-corrected chi connectivity index (χ0v) is 23.6. The Labute approximate surface area is 243 Å². The summed E-state index contributed by atoms with van der Waals surface area (Å²) in [5, 5.41) is 9.06. The second-order valence-electron chi connectivity index (χ2n) is 10.5. The second kappa shape index (κ2) is 9.76. The molecule has 0 bridgehead atoms. The third-order valence-corrected chi connectivity index (χ3v) is 11.2. The predicted molar refractivity (Wildman–Crippen MR) is 177 cm³/mol. The molecule has 42 heavy (non-hydrogen) atoms. The van der Waals surface area contributed by atoms with E-state index < -0.39 is 7.14 Å². The molecule has 0 aliphatic heterocycles. The molecule has 2 heterocycles. The highest BCUT2D eigenvalue weighted by Gasteiger charge is 2.30. The van der Waals surface area contributed by atoms with Gasteiger partial charge < -0.3 is 4.57 Å². The van der Waals surface area contributed by atoms with Crippen LogP contribution in [0.2, 0.25) is 0 Å². The summed E-state index contributed by atoms with van der Waals surface area (Å²) in [7, 11) is -3.14. The van der Waals surface area contributed by atoms with Crippen LogP contribution in [0.1, 0.15) is 0 Å². The Morgan fingerprint density at radius 2 is 1.17 bits per heavy atom. The number of rotatable bonds is 4. The van der Waals surface area contributed by atoms with E-state index in [1.165, 1.54) is 0 Å². The predicted octanol–water partition coefficient (Wildman–Crippen LogP) is 8.40. The van der Waals surface area contributed by atoms with Crippen molar-refractivity contribution in [3.8, 4) is 11.3 Å². The van der Waals surface area contributed by atoms with Crippen LogP contribution in [0, 0.1) is 0 Å². The molecule has 4 heteroatoms. The van der Waals surface area contributed by atoms with Crippen molar-refractivity contribution in [2.75, 3.05) is 0 Å². The molecule has 0 N–H and O–H groups in total. The molecular formula is C38H25N2OP. The SMILES string of the molecule is O=P(c1ccccc1)(c1ccccc1)c1cccc(-c2nc3ccccc3c3c2ccc2ccc4cccnc4c23)c1. The summed E-state index contributed by atoms with van der Waals surface area (Å²) in [6.07, 6.45) is 1.86. The largest absolute Gasteiger partial charge is 0.309 e. The van der Waals surface area contributed by atoms with E-state index in [4.69, 9.17) is 9.97 Å². The summed E-state index contributed by atoms with van der Waals surface area (Å²) < 4.78 is 15.2. The van der Waals surface area contributed by atoms with Gasteiger partial charge in [-0.15, -0.1) is 0 Å². The number of pyridine rings is 2. The Morgan fingerprint density at radius 1 is 0.500 bits per heavy atom. The van der Waals surface area contributed by atoms with Gasteiger partial charge in [-0.3, -0.25) is 4.98 Å². The lowest BCUT2D eigenvalue weighted by Gasteiger charge is -2.21. The van der Waals surface area contributed by atoms with Gasteiger partial charge in [0.25, 0.3) is 0 Å². The highest BCUT2D eigenvalue weighted by Crippen LogP contribution is 2.44. The maximum atomic E-state index is 15.2. The molecule has 0 atom stereocenters. The van der Waals surface area contributed by atoms with Crippen LogP contribution >= 0.6 is 7.14 Å². The highest BCUT2D eigenvalue weighted by molar-refractivity contribution is 7.85. The maximum Gasteiger partial charge on any atom is 0.171 e. The van der Waals surface area contributed by atoms with Gasteiger partial charge in [0, 0.05) is 54.6 Å². The Hall–Kier alpha value is -5.11. The molecule has 0 saturated heterocycles. The number of benzene rings is 6. The van der Waals surface area contributed by atoms with E-state index in [9.17, 15) is 0 Å². The summed E-state index contributed by atoms with van der Waals surface area (Å²) in [5.74, 6) is 0. The first-order chi connectivity index (χ1) is 20.7. The lowest BCUT2D eigenvalue weighted by Crippen LogP contribution is -2.25. The fourth-order valence-electron chi connectivity index (χ4n) is 6.19. The smallest absolute Gasteiger partial charge is 0.171 e. The van der Waals surface area contributed by atoms with Crippen LogP contribution in [0.25, 0.3) is 54.6 Å². The molecule has 8 aromatic rings. The molecule has 0 radical (unpaired) electrons. The number of fused-ring (bicyclic) bond motifs is 7. The number of nitrogens with zero attached hydrogens (tertiary/aromatic N) is 2. The van der Waals surface area contributed by atoms with Gasteiger partial charge in [0.1, 0.15) is 0 Å². The molecule has 0 spiro atoms. The topological polar surface area (TPSA) is 42.9 Å². The lowest BCUT2D eigenvalue weighted by molar-refractivity contribution is 0.592. The Balaban J connectivity index is 1.45. The summed E-state index contributed by atoms with van der Waals surface area (Å²) in [6, 6.07) is 48.8. The van der Waals surface area contributed by atoms with Crippen LogP contribution in [0.5, 0.6) is 0 Å². The van der Waals surface area contributed by atoms with E-state index in [-0.39, 0.29) is 0 Å². The third kappa shape index (κ3) is 3.79. The normalized spacial score (nSPS) is 11.9. The van der Waals surface area contributed by atoms with Crippen molar-refractivity contribution in [2.45, 2.75) is 0 Å². The van der Waals surface area contributed by atoms with E-state index in [1.54, 1.807) is 0 Å². The van der Waals surface area contributed by atoms with Crippen molar-refractivity contribution in [3.05, 3.63) is 152 Å². The Kier molecular flexibility index (Phi) is 5.73. The molecule has 0 fully saturated rings. The van der Waals surface area contributed by atoms with Crippen molar-refractivity contribution in [1.29, 1.82) is 0 Å². The molecule has 0 aliphatic carbocycles. The molecule has 0 saturated carbocycles. The van der Waals surface area contributed by atoms with Crippen LogP contribution in [0.4, 0.5) is 0 Å². The molecule has 8 rings (SSSR count). The zero-order valence-electron chi connectivity index (χ0n) is 22.7. The number of hydrogen-bond donors (Lipinski definition) is 0. The quantitative estimate of drug-likeness (QED) is 0.162. The van der Waals surface area contributed by atoms with Gasteiger partial charge in [-0.1, -0.05) is 127 Å². The Bertz CT molecular complexity index is 2290. The van der Waals surface area contributed by atoms with Crippen LogP contribution < -0.4 is 15.9 Å². The van der Waals surface area contributed by atoms with E-state index in [2.05, 4.69) is 60.7 Å². The maximum absolute atomic E-state index is 15.2. The van der Waals surface area contributed by atoms with Crippen molar-refractivity contribution in [2.24, 2.45) is 0 Å². The summed E-state index contributed by atoms with van der Waals surface area (Å²) in [6.45, 7) is 0. The fraction of sp³-hybridized carbons (Fsp3) is 0. The molecule has 3 nitrogen and oxygen atoms in total. The van der Waals surface area contributed by atoms with Gasteiger partial charge in [0.2, 0.25) is 0 Å². The zero-order chi connectivity index (χ0) is 28.1. The van der Waals surface area contributed by atoms with Crippen LogP contribution in [0.15, 0.2) is 152 Å². The molecule has 0 unspecified atom stereocenters. The minimum atomic E-state index is -3.14. The minimum Gasteiger partial charge on any atom is -0.309 e. The Morgan fingerprint density at radius 3 is 1.95 bits per heavy atom. The first kappa shape index (κ1) is 24.7. The average molecular weight is 557 g/mol. The summed E-state index contributed by atoms with van der Waals surface area (Å²) >= 11 is 0. The van der Waals surface area contributed by atoms with E-state index in [0.29, 0.717) is 0 Å². The molecule has 0 amide bonds.